The highest BCUT2D eigenvalue weighted by Crippen LogP contribution is 2.27. The van der Waals surface area contributed by atoms with E-state index in [1.807, 2.05) is 91.0 Å². The molecular weight excluding hydrogens is 426 g/mol. The molecule has 4 aromatic rings. The molecule has 1 aliphatic heterocycles. The van der Waals surface area contributed by atoms with Crippen LogP contribution in [0.5, 0.6) is 0 Å². The number of nitrogens with zero attached hydrogens (tertiary/aromatic N) is 4. The molecule has 0 fully saturated rings. The Labute approximate surface area is 196 Å². The molecule has 1 amide bonds. The highest BCUT2D eigenvalue weighted by Gasteiger charge is 2.33. The van der Waals surface area contributed by atoms with Crippen LogP contribution < -0.4 is 5.43 Å². The van der Waals surface area contributed by atoms with Crippen LogP contribution in [0.2, 0.25) is 0 Å². The lowest BCUT2D eigenvalue weighted by Gasteiger charge is -2.21. The van der Waals surface area contributed by atoms with Gasteiger partial charge in [0.05, 0.1) is 16.9 Å². The van der Waals surface area contributed by atoms with E-state index in [1.165, 1.54) is 5.01 Å². The molecule has 7 heteroatoms. The summed E-state index contributed by atoms with van der Waals surface area (Å²) in [5.74, 6) is 0.484. The van der Waals surface area contributed by atoms with Gasteiger partial charge in [0.25, 0.3) is 5.91 Å². The van der Waals surface area contributed by atoms with Crippen molar-refractivity contribution in [3.63, 3.8) is 0 Å². The van der Waals surface area contributed by atoms with Crippen LogP contribution in [0.3, 0.4) is 0 Å². The maximum atomic E-state index is 13.5. The van der Waals surface area contributed by atoms with Gasteiger partial charge >= 0.3 is 0 Å². The van der Waals surface area contributed by atoms with E-state index in [4.69, 9.17) is 0 Å². The topological polar surface area (TPSA) is 79.6 Å². The number of hydrogen-bond donors (Lipinski definition) is 1. The average Bonchev–Trinajstić information content (AvgIpc) is 3.37. The van der Waals surface area contributed by atoms with Gasteiger partial charge in [-0.3, -0.25) is 15.0 Å². The van der Waals surface area contributed by atoms with Gasteiger partial charge < -0.3 is 0 Å². The fraction of sp³-hybridized carbons (Fsp3) is 0.0370. The number of rotatable bonds is 6. The van der Waals surface area contributed by atoms with Crippen LogP contribution in [0, 0.1) is 6.92 Å². The summed E-state index contributed by atoms with van der Waals surface area (Å²) in [6.45, 7) is 1.76. The lowest BCUT2D eigenvalue weighted by molar-refractivity contribution is -0.121. The molecule has 2 heterocycles. The summed E-state index contributed by atoms with van der Waals surface area (Å²) in [7, 11) is 0. The van der Waals surface area contributed by atoms with Crippen LogP contribution in [0.4, 0.5) is 5.82 Å². The minimum Gasteiger partial charge on any atom is -0.298 e. The molecule has 7 nitrogen and oxygen atoms in total. The number of carbonyl (C=O) groups excluding carboxylic acids is 2. The molecule has 0 bridgehead atoms. The van der Waals surface area contributed by atoms with Crippen molar-refractivity contribution in [2.75, 3.05) is 5.43 Å². The van der Waals surface area contributed by atoms with Gasteiger partial charge in [0.2, 0.25) is 0 Å². The first-order valence-electron chi connectivity index (χ1n) is 10.8. The summed E-state index contributed by atoms with van der Waals surface area (Å²) < 4.78 is 1.62. The number of benzene rings is 3. The number of aromatic nitrogens is 2. The van der Waals surface area contributed by atoms with E-state index >= 15 is 0 Å². The van der Waals surface area contributed by atoms with Gasteiger partial charge in [-0.25, -0.2) is 9.67 Å². The predicted molar refractivity (Wildman–Crippen MR) is 132 cm³/mol. The zero-order valence-electron chi connectivity index (χ0n) is 18.4. The van der Waals surface area contributed by atoms with E-state index in [1.54, 1.807) is 17.7 Å². The van der Waals surface area contributed by atoms with E-state index in [9.17, 15) is 9.59 Å². The Hall–Kier alpha value is -4.78. The zero-order valence-corrected chi connectivity index (χ0v) is 18.4. The number of carbonyl (C=O) groups is 2. The standard InChI is InChI=1S/C27H21N5O2/c1-19-23(18-33)26(31(29-19)22-15-9-4-10-16-22)30-32-25(21-13-7-3-8-14-21)28-24(27(32)34)17-20-11-5-2-6-12-20/h2-18,30H,1H3/b24-17+. The van der Waals surface area contributed by atoms with Gasteiger partial charge in [-0.1, -0.05) is 78.9 Å². The highest BCUT2D eigenvalue weighted by molar-refractivity contribution is 6.20. The lowest BCUT2D eigenvalue weighted by atomic mass is 10.2. The molecule has 5 rings (SSSR count). The fourth-order valence-electron chi connectivity index (χ4n) is 3.76. The summed E-state index contributed by atoms with van der Waals surface area (Å²) in [4.78, 5) is 30.1. The first-order chi connectivity index (χ1) is 16.7. The zero-order chi connectivity index (χ0) is 23.5. The van der Waals surface area contributed by atoms with Gasteiger partial charge in [0.15, 0.2) is 17.9 Å². The van der Waals surface area contributed by atoms with E-state index in [-0.39, 0.29) is 11.6 Å². The third kappa shape index (κ3) is 3.91. The largest absolute Gasteiger partial charge is 0.298 e. The molecule has 34 heavy (non-hydrogen) atoms. The number of amides is 1. The third-order valence-electron chi connectivity index (χ3n) is 5.44. The van der Waals surface area contributed by atoms with Crippen LogP contribution >= 0.6 is 0 Å². The van der Waals surface area contributed by atoms with Crippen molar-refractivity contribution in [1.82, 2.24) is 14.8 Å². The van der Waals surface area contributed by atoms with E-state index in [2.05, 4.69) is 15.5 Å². The van der Waals surface area contributed by atoms with Crippen LogP contribution in [-0.4, -0.2) is 32.8 Å². The molecule has 1 aromatic heterocycles. The average molecular weight is 447 g/mol. The Bertz CT molecular complexity index is 1410. The van der Waals surface area contributed by atoms with Gasteiger partial charge in [-0.2, -0.15) is 10.1 Å². The number of aldehydes is 1. The second kappa shape index (κ2) is 8.99. The summed E-state index contributed by atoms with van der Waals surface area (Å²) in [5, 5.41) is 5.90. The normalized spacial score (nSPS) is 14.4. The molecule has 3 aromatic carbocycles. The number of nitrogens with one attached hydrogen (secondary N) is 1. The summed E-state index contributed by atoms with van der Waals surface area (Å²) in [6.07, 6.45) is 2.48. The number of amidine groups is 1. The Morgan fingerprint density at radius 1 is 0.853 bits per heavy atom. The summed E-state index contributed by atoms with van der Waals surface area (Å²) >= 11 is 0. The smallest absolute Gasteiger partial charge is 0.297 e. The van der Waals surface area contributed by atoms with Crippen molar-refractivity contribution in [3.05, 3.63) is 119 Å². The van der Waals surface area contributed by atoms with Crippen LogP contribution in [0.1, 0.15) is 27.2 Å². The van der Waals surface area contributed by atoms with Gasteiger partial charge in [-0.05, 0) is 30.7 Å². The number of para-hydroxylation sites is 1. The second-order valence-corrected chi connectivity index (χ2v) is 7.71. The van der Waals surface area contributed by atoms with E-state index < -0.39 is 0 Å². The Morgan fingerprint density at radius 2 is 1.47 bits per heavy atom. The molecule has 0 unspecified atom stereocenters. The number of hydrazine groups is 1. The monoisotopic (exact) mass is 447 g/mol. The van der Waals surface area contributed by atoms with E-state index in [0.717, 1.165) is 23.1 Å². The third-order valence-corrected chi connectivity index (χ3v) is 5.44. The maximum Gasteiger partial charge on any atom is 0.297 e. The van der Waals surface area contributed by atoms with Crippen molar-refractivity contribution in [2.45, 2.75) is 6.92 Å². The van der Waals surface area contributed by atoms with Gasteiger partial charge in [-0.15, -0.1) is 0 Å². The SMILES string of the molecule is Cc1nn(-c2ccccc2)c(NN2C(=O)/C(=C\c3ccccc3)N=C2c2ccccc2)c1C=O. The van der Waals surface area contributed by atoms with Crippen molar-refractivity contribution in [3.8, 4) is 5.69 Å². The van der Waals surface area contributed by atoms with Crippen molar-refractivity contribution >= 4 is 29.9 Å². The number of hydrogen-bond acceptors (Lipinski definition) is 5. The number of anilines is 1. The quantitative estimate of drug-likeness (QED) is 0.345. The van der Waals surface area contributed by atoms with E-state index in [0.29, 0.717) is 22.9 Å². The molecule has 0 radical (unpaired) electrons. The molecule has 1 aliphatic rings. The molecule has 0 aliphatic carbocycles. The van der Waals surface area contributed by atoms with Crippen LogP contribution in [0.15, 0.2) is 102 Å². The number of aliphatic imine (C=N–C) groups is 1. The molecule has 0 spiro atoms. The Morgan fingerprint density at radius 3 is 2.12 bits per heavy atom. The van der Waals surface area contributed by atoms with Crippen molar-refractivity contribution < 1.29 is 9.59 Å². The second-order valence-electron chi connectivity index (χ2n) is 7.71. The summed E-state index contributed by atoms with van der Waals surface area (Å²) in [6, 6.07) is 28.4. The van der Waals surface area contributed by atoms with Crippen molar-refractivity contribution in [1.29, 1.82) is 0 Å². The van der Waals surface area contributed by atoms with Gasteiger partial charge in [0, 0.05) is 5.56 Å². The van der Waals surface area contributed by atoms with Gasteiger partial charge in [0.1, 0.15) is 5.70 Å². The Kier molecular flexibility index (Phi) is 5.58. The minimum absolute atomic E-state index is 0.285. The maximum absolute atomic E-state index is 13.5. The lowest BCUT2D eigenvalue weighted by Crippen LogP contribution is -2.38. The van der Waals surface area contributed by atoms with Crippen LogP contribution in [0.25, 0.3) is 11.8 Å². The fourth-order valence-corrected chi connectivity index (χ4v) is 3.76. The van der Waals surface area contributed by atoms with Crippen molar-refractivity contribution in [2.24, 2.45) is 4.99 Å². The molecule has 1 N–H and O–H groups in total. The molecule has 0 saturated carbocycles. The first-order valence-corrected chi connectivity index (χ1v) is 10.8. The molecule has 0 saturated heterocycles. The highest BCUT2D eigenvalue weighted by atomic mass is 16.2. The summed E-state index contributed by atoms with van der Waals surface area (Å²) in [5.41, 5.74) is 6.72. The van der Waals surface area contributed by atoms with Crippen LogP contribution in [-0.2, 0) is 4.79 Å². The molecule has 0 atom stereocenters. The Balaban J connectivity index is 1.61. The molecular formula is C27H21N5O2. The molecule has 166 valence electrons. The predicted octanol–water partition coefficient (Wildman–Crippen LogP) is 4.65. The first kappa shape index (κ1) is 21.1. The number of aryl methyl sites for hydroxylation is 1. The minimum atomic E-state index is -0.335.